The number of rotatable bonds is 4. The van der Waals surface area contributed by atoms with Gasteiger partial charge in [-0.15, -0.1) is 11.3 Å². The van der Waals surface area contributed by atoms with Crippen molar-refractivity contribution in [1.29, 1.82) is 0 Å². The van der Waals surface area contributed by atoms with E-state index < -0.39 is 5.69 Å². The molecule has 1 amide bonds. The minimum atomic E-state index is -0.494. The zero-order valence-electron chi connectivity index (χ0n) is 14.3. The molecule has 0 aliphatic rings. The molecule has 1 N–H and O–H groups in total. The summed E-state index contributed by atoms with van der Waals surface area (Å²) < 4.78 is 2.85. The number of hydrogen-bond acceptors (Lipinski definition) is 4. The summed E-state index contributed by atoms with van der Waals surface area (Å²) in [5.41, 5.74) is 2.47. The summed E-state index contributed by atoms with van der Waals surface area (Å²) in [5.74, 6) is -0.294. The van der Waals surface area contributed by atoms with E-state index in [0.29, 0.717) is 10.2 Å². The first-order chi connectivity index (χ1) is 11.9. The normalized spacial score (nSPS) is 11.0. The van der Waals surface area contributed by atoms with E-state index in [0.717, 1.165) is 27.8 Å². The second kappa shape index (κ2) is 6.68. The molecule has 3 aromatic rings. The molecule has 7 heteroatoms. The van der Waals surface area contributed by atoms with Crippen LogP contribution < -0.4 is 16.6 Å². The van der Waals surface area contributed by atoms with Crippen molar-refractivity contribution in [2.75, 3.05) is 5.32 Å². The van der Waals surface area contributed by atoms with Gasteiger partial charge in [-0.05, 0) is 35.9 Å². The van der Waals surface area contributed by atoms with Crippen LogP contribution in [0, 0.1) is 6.92 Å². The Labute approximate surface area is 148 Å². The van der Waals surface area contributed by atoms with Crippen molar-refractivity contribution in [3.05, 3.63) is 61.6 Å². The molecule has 0 saturated heterocycles. The monoisotopic (exact) mass is 357 g/mol. The lowest BCUT2D eigenvalue weighted by atomic mass is 10.1. The highest BCUT2D eigenvalue weighted by molar-refractivity contribution is 7.17. The van der Waals surface area contributed by atoms with Crippen molar-refractivity contribution in [3.8, 4) is 0 Å². The standard InChI is InChI=1S/C18H19N3O3S/c1-4-12-7-5-6-11(2)15(12)19-14(22)10-21-13-8-9-25-16(13)17(23)20(3)18(21)24/h5-9H,4,10H2,1-3H3,(H,19,22). The highest BCUT2D eigenvalue weighted by Crippen LogP contribution is 2.21. The number of hydrogen-bond donors (Lipinski definition) is 1. The van der Waals surface area contributed by atoms with E-state index in [1.54, 1.807) is 11.4 Å². The van der Waals surface area contributed by atoms with Crippen LogP contribution in [0.2, 0.25) is 0 Å². The first kappa shape index (κ1) is 17.2. The molecule has 0 aliphatic carbocycles. The van der Waals surface area contributed by atoms with E-state index in [1.807, 2.05) is 32.0 Å². The maximum Gasteiger partial charge on any atom is 0.331 e. The zero-order chi connectivity index (χ0) is 18.1. The Hall–Kier alpha value is -2.67. The minimum absolute atomic E-state index is 0.141. The van der Waals surface area contributed by atoms with Gasteiger partial charge in [0, 0.05) is 12.7 Å². The molecule has 0 fully saturated rings. The lowest BCUT2D eigenvalue weighted by Gasteiger charge is -2.14. The molecule has 6 nitrogen and oxygen atoms in total. The number of nitrogens with one attached hydrogen (secondary N) is 1. The lowest BCUT2D eigenvalue weighted by Crippen LogP contribution is -2.39. The maximum absolute atomic E-state index is 12.6. The number of fused-ring (bicyclic) bond motifs is 1. The zero-order valence-corrected chi connectivity index (χ0v) is 15.1. The molecule has 0 radical (unpaired) electrons. The van der Waals surface area contributed by atoms with E-state index in [1.165, 1.54) is 23.0 Å². The number of thiophene rings is 1. The van der Waals surface area contributed by atoms with Crippen molar-refractivity contribution < 1.29 is 4.79 Å². The minimum Gasteiger partial charge on any atom is -0.324 e. The highest BCUT2D eigenvalue weighted by Gasteiger charge is 2.15. The first-order valence-electron chi connectivity index (χ1n) is 7.99. The van der Waals surface area contributed by atoms with E-state index in [-0.39, 0.29) is 18.0 Å². The predicted octanol–water partition coefficient (Wildman–Crippen LogP) is 2.27. The van der Waals surface area contributed by atoms with Crippen molar-refractivity contribution >= 4 is 33.1 Å². The predicted molar refractivity (Wildman–Crippen MR) is 101 cm³/mol. The van der Waals surface area contributed by atoms with Crippen molar-refractivity contribution in [3.63, 3.8) is 0 Å². The fourth-order valence-corrected chi connectivity index (χ4v) is 3.75. The summed E-state index contributed by atoms with van der Waals surface area (Å²) >= 11 is 1.27. The van der Waals surface area contributed by atoms with Crippen LogP contribution in [0.25, 0.3) is 10.2 Å². The molecular weight excluding hydrogens is 338 g/mol. The van der Waals surface area contributed by atoms with Crippen LogP contribution >= 0.6 is 11.3 Å². The number of benzene rings is 1. The average molecular weight is 357 g/mol. The van der Waals surface area contributed by atoms with Crippen LogP contribution in [0.15, 0.2) is 39.2 Å². The number of nitrogens with zero attached hydrogens (tertiary/aromatic N) is 2. The molecule has 0 bridgehead atoms. The van der Waals surface area contributed by atoms with Crippen LogP contribution in [0.3, 0.4) is 0 Å². The van der Waals surface area contributed by atoms with E-state index in [9.17, 15) is 14.4 Å². The van der Waals surface area contributed by atoms with Crippen LogP contribution in [-0.4, -0.2) is 15.0 Å². The third kappa shape index (κ3) is 3.02. The molecule has 1 aromatic carbocycles. The molecule has 130 valence electrons. The molecule has 2 aromatic heterocycles. The molecule has 0 spiro atoms. The Bertz CT molecular complexity index is 1080. The average Bonchev–Trinajstić information content (AvgIpc) is 3.08. The summed E-state index contributed by atoms with van der Waals surface area (Å²) in [6, 6.07) is 7.56. The summed E-state index contributed by atoms with van der Waals surface area (Å²) in [4.78, 5) is 37.1. The van der Waals surface area contributed by atoms with Gasteiger partial charge in [0.15, 0.2) is 0 Å². The number of amides is 1. The molecule has 0 atom stereocenters. The number of carbonyl (C=O) groups excluding carboxylic acids is 1. The van der Waals surface area contributed by atoms with E-state index >= 15 is 0 Å². The van der Waals surface area contributed by atoms with Gasteiger partial charge in [0.25, 0.3) is 5.56 Å². The molecule has 0 saturated carbocycles. The Kier molecular flexibility index (Phi) is 4.59. The summed E-state index contributed by atoms with van der Waals surface area (Å²) in [7, 11) is 1.43. The smallest absolute Gasteiger partial charge is 0.324 e. The second-order valence-corrected chi connectivity index (χ2v) is 6.79. The second-order valence-electron chi connectivity index (χ2n) is 5.88. The van der Waals surface area contributed by atoms with Crippen molar-refractivity contribution in [2.45, 2.75) is 26.8 Å². The summed E-state index contributed by atoms with van der Waals surface area (Å²) in [6.07, 6.45) is 0.797. The fourth-order valence-electron chi connectivity index (χ4n) is 2.88. The maximum atomic E-state index is 12.6. The van der Waals surface area contributed by atoms with Crippen LogP contribution in [0.4, 0.5) is 5.69 Å². The number of carbonyl (C=O) groups is 1. The van der Waals surface area contributed by atoms with Crippen molar-refractivity contribution in [1.82, 2.24) is 9.13 Å². The Morgan fingerprint density at radius 1 is 1.24 bits per heavy atom. The Morgan fingerprint density at radius 3 is 2.72 bits per heavy atom. The van der Waals surface area contributed by atoms with Gasteiger partial charge >= 0.3 is 5.69 Å². The Morgan fingerprint density at radius 2 is 2.00 bits per heavy atom. The molecule has 0 unspecified atom stereocenters. The van der Waals surface area contributed by atoms with Gasteiger partial charge in [0.1, 0.15) is 11.2 Å². The van der Waals surface area contributed by atoms with Gasteiger partial charge < -0.3 is 5.32 Å². The topological polar surface area (TPSA) is 73.1 Å². The SMILES string of the molecule is CCc1cccc(C)c1NC(=O)Cn1c(=O)n(C)c(=O)c2sccc21. The third-order valence-electron chi connectivity index (χ3n) is 4.26. The van der Waals surface area contributed by atoms with E-state index in [2.05, 4.69) is 5.32 Å². The number of aromatic nitrogens is 2. The van der Waals surface area contributed by atoms with Gasteiger partial charge in [0.05, 0.1) is 5.52 Å². The number of anilines is 1. The van der Waals surface area contributed by atoms with Gasteiger partial charge in [-0.1, -0.05) is 25.1 Å². The van der Waals surface area contributed by atoms with Gasteiger partial charge in [-0.25, -0.2) is 4.79 Å². The first-order valence-corrected chi connectivity index (χ1v) is 8.87. The van der Waals surface area contributed by atoms with Crippen molar-refractivity contribution in [2.24, 2.45) is 7.05 Å². The lowest BCUT2D eigenvalue weighted by molar-refractivity contribution is -0.116. The van der Waals surface area contributed by atoms with Crippen LogP contribution in [0.5, 0.6) is 0 Å². The molecule has 0 aliphatic heterocycles. The largest absolute Gasteiger partial charge is 0.331 e. The van der Waals surface area contributed by atoms with Crippen LogP contribution in [0.1, 0.15) is 18.1 Å². The van der Waals surface area contributed by atoms with Gasteiger partial charge in [0.2, 0.25) is 5.91 Å². The molecular formula is C18H19N3O3S. The van der Waals surface area contributed by atoms with Crippen LogP contribution in [-0.2, 0) is 24.8 Å². The van der Waals surface area contributed by atoms with E-state index in [4.69, 9.17) is 0 Å². The molecule has 3 rings (SSSR count). The summed E-state index contributed by atoms with van der Waals surface area (Å²) in [6.45, 7) is 3.82. The number of para-hydroxylation sites is 1. The van der Waals surface area contributed by atoms with Gasteiger partial charge in [-0.3, -0.25) is 18.7 Å². The third-order valence-corrected chi connectivity index (χ3v) is 5.15. The molecule has 2 heterocycles. The quantitative estimate of drug-likeness (QED) is 0.778. The highest BCUT2D eigenvalue weighted by atomic mass is 32.1. The Balaban J connectivity index is 1.98. The van der Waals surface area contributed by atoms with Gasteiger partial charge in [-0.2, -0.15) is 0 Å². The fraction of sp³-hybridized carbons (Fsp3) is 0.278. The summed E-state index contributed by atoms with van der Waals surface area (Å²) in [5, 5.41) is 4.66. The number of aryl methyl sites for hydroxylation is 2. The molecule has 25 heavy (non-hydrogen) atoms.